The lowest BCUT2D eigenvalue weighted by molar-refractivity contribution is 0.0953. The lowest BCUT2D eigenvalue weighted by Crippen LogP contribution is -2.24. The van der Waals surface area contributed by atoms with E-state index in [1.807, 2.05) is 30.3 Å². The first-order chi connectivity index (χ1) is 7.77. The molecule has 3 heteroatoms. The highest BCUT2D eigenvalue weighted by Gasteiger charge is 2.03. The van der Waals surface area contributed by atoms with E-state index >= 15 is 0 Å². The molecule has 0 saturated carbocycles. The first kappa shape index (κ1) is 12.3. The minimum atomic E-state index is -0.0689. The number of hydrogen-bond acceptors (Lipinski definition) is 2. The maximum Gasteiger partial charge on any atom is 0.251 e. The summed E-state index contributed by atoms with van der Waals surface area (Å²) in [6, 6.07) is 9.63. The fourth-order valence-electron chi connectivity index (χ4n) is 1.36. The van der Waals surface area contributed by atoms with Crippen LogP contribution in [0.4, 0.5) is 0 Å². The van der Waals surface area contributed by atoms with Crippen molar-refractivity contribution in [3.05, 3.63) is 35.4 Å². The van der Waals surface area contributed by atoms with Crippen LogP contribution in [0.1, 0.15) is 35.7 Å². The Labute approximate surface area is 96.1 Å². The molecule has 0 heterocycles. The summed E-state index contributed by atoms with van der Waals surface area (Å²) in [4.78, 5) is 11.6. The minimum absolute atomic E-state index is 0.0689. The number of nitrogens with zero attached hydrogens (tertiary/aromatic N) is 1. The number of nitrogens with one attached hydrogen (secondary N) is 1. The number of unbranched alkanes of at least 4 members (excludes halogenated alkanes) is 1. The second kappa shape index (κ2) is 6.62. The summed E-state index contributed by atoms with van der Waals surface area (Å²) in [6.07, 6.45) is 2.16. The van der Waals surface area contributed by atoms with Gasteiger partial charge < -0.3 is 5.32 Å². The van der Waals surface area contributed by atoms with E-state index in [2.05, 4.69) is 12.2 Å². The Kier molecular flexibility index (Phi) is 5.07. The van der Waals surface area contributed by atoms with Crippen molar-refractivity contribution in [3.63, 3.8) is 0 Å². The van der Waals surface area contributed by atoms with Crippen molar-refractivity contribution in [2.75, 3.05) is 6.54 Å². The van der Waals surface area contributed by atoms with E-state index in [-0.39, 0.29) is 5.91 Å². The average molecular weight is 216 g/mol. The van der Waals surface area contributed by atoms with Crippen LogP contribution in [0.5, 0.6) is 0 Å². The Bertz CT molecular complexity index is 376. The number of amides is 1. The Morgan fingerprint density at radius 1 is 1.38 bits per heavy atom. The molecule has 0 fully saturated rings. The van der Waals surface area contributed by atoms with E-state index in [0.717, 1.165) is 6.42 Å². The Hall–Kier alpha value is -1.82. The molecular formula is C13H16N2O. The number of carbonyl (C=O) groups is 1. The number of rotatable bonds is 5. The molecule has 1 aromatic carbocycles. The van der Waals surface area contributed by atoms with Crippen molar-refractivity contribution in [1.82, 2.24) is 5.32 Å². The number of aryl methyl sites for hydroxylation is 1. The van der Waals surface area contributed by atoms with Gasteiger partial charge in [-0.3, -0.25) is 4.79 Å². The summed E-state index contributed by atoms with van der Waals surface area (Å²) in [5.74, 6) is -0.0689. The molecule has 1 aromatic rings. The summed E-state index contributed by atoms with van der Waals surface area (Å²) in [5.41, 5.74) is 1.90. The van der Waals surface area contributed by atoms with E-state index in [4.69, 9.17) is 5.26 Å². The molecule has 0 atom stereocenters. The zero-order valence-corrected chi connectivity index (χ0v) is 9.49. The third kappa shape index (κ3) is 3.74. The number of nitriles is 1. The highest BCUT2D eigenvalue weighted by atomic mass is 16.1. The van der Waals surface area contributed by atoms with Gasteiger partial charge in [-0.05, 0) is 30.5 Å². The molecule has 16 heavy (non-hydrogen) atoms. The van der Waals surface area contributed by atoms with Crippen LogP contribution in [0.2, 0.25) is 0 Å². The van der Waals surface area contributed by atoms with Crippen molar-refractivity contribution >= 4 is 5.91 Å². The van der Waals surface area contributed by atoms with Crippen molar-refractivity contribution in [2.45, 2.75) is 26.2 Å². The molecule has 0 bridgehead atoms. The minimum Gasteiger partial charge on any atom is -0.352 e. The molecule has 0 aliphatic heterocycles. The lowest BCUT2D eigenvalue weighted by Gasteiger charge is -2.04. The number of hydrogen-bond donors (Lipinski definition) is 1. The van der Waals surface area contributed by atoms with E-state index in [1.54, 1.807) is 0 Å². The molecule has 3 nitrogen and oxygen atoms in total. The standard InChI is InChI=1S/C13H16N2O/c1-2-11-5-7-12(8-6-11)13(16)15-10-4-3-9-14/h5-8H,2-4,10H2,1H3,(H,15,16). The van der Waals surface area contributed by atoms with Crippen molar-refractivity contribution in [1.29, 1.82) is 5.26 Å². The highest BCUT2D eigenvalue weighted by molar-refractivity contribution is 5.94. The molecule has 1 amide bonds. The van der Waals surface area contributed by atoms with E-state index < -0.39 is 0 Å². The second-order valence-electron chi connectivity index (χ2n) is 3.57. The summed E-state index contributed by atoms with van der Waals surface area (Å²) < 4.78 is 0. The molecule has 1 rings (SSSR count). The largest absolute Gasteiger partial charge is 0.352 e. The third-order valence-electron chi connectivity index (χ3n) is 2.38. The van der Waals surface area contributed by atoms with E-state index in [9.17, 15) is 4.79 Å². The third-order valence-corrected chi connectivity index (χ3v) is 2.38. The molecule has 84 valence electrons. The van der Waals surface area contributed by atoms with E-state index in [1.165, 1.54) is 5.56 Å². The molecule has 1 N–H and O–H groups in total. The predicted molar refractivity (Wildman–Crippen MR) is 63.0 cm³/mol. The number of benzene rings is 1. The smallest absolute Gasteiger partial charge is 0.251 e. The second-order valence-corrected chi connectivity index (χ2v) is 3.57. The van der Waals surface area contributed by atoms with Gasteiger partial charge in [0.15, 0.2) is 0 Å². The topological polar surface area (TPSA) is 52.9 Å². The average Bonchev–Trinajstić information content (AvgIpc) is 2.34. The molecule has 0 aliphatic rings. The van der Waals surface area contributed by atoms with Crippen LogP contribution < -0.4 is 5.32 Å². The van der Waals surface area contributed by atoms with Gasteiger partial charge in [-0.2, -0.15) is 5.26 Å². The summed E-state index contributed by atoms with van der Waals surface area (Å²) in [5, 5.41) is 11.1. The van der Waals surface area contributed by atoms with Gasteiger partial charge in [0.25, 0.3) is 5.91 Å². The van der Waals surface area contributed by atoms with Gasteiger partial charge in [0.05, 0.1) is 6.07 Å². The summed E-state index contributed by atoms with van der Waals surface area (Å²) >= 11 is 0. The van der Waals surface area contributed by atoms with Crippen LogP contribution in [0.15, 0.2) is 24.3 Å². The number of carbonyl (C=O) groups excluding carboxylic acids is 1. The van der Waals surface area contributed by atoms with Gasteiger partial charge in [0.2, 0.25) is 0 Å². The zero-order valence-electron chi connectivity index (χ0n) is 9.49. The van der Waals surface area contributed by atoms with Crippen LogP contribution in [-0.2, 0) is 6.42 Å². The molecule has 0 aliphatic carbocycles. The predicted octanol–water partition coefficient (Wildman–Crippen LogP) is 2.28. The van der Waals surface area contributed by atoms with Crippen molar-refractivity contribution in [3.8, 4) is 6.07 Å². The summed E-state index contributed by atoms with van der Waals surface area (Å²) in [6.45, 7) is 2.64. The molecule has 0 aromatic heterocycles. The molecule has 0 spiro atoms. The fourth-order valence-corrected chi connectivity index (χ4v) is 1.36. The SMILES string of the molecule is CCc1ccc(C(=O)NCCCC#N)cc1. The van der Waals surface area contributed by atoms with Crippen molar-refractivity contribution in [2.24, 2.45) is 0 Å². The molecular weight excluding hydrogens is 200 g/mol. The van der Waals surface area contributed by atoms with Crippen LogP contribution in [0, 0.1) is 11.3 Å². The van der Waals surface area contributed by atoms with Gasteiger partial charge >= 0.3 is 0 Å². The normalized spacial score (nSPS) is 9.50. The van der Waals surface area contributed by atoms with Gasteiger partial charge in [-0.15, -0.1) is 0 Å². The first-order valence-corrected chi connectivity index (χ1v) is 5.52. The van der Waals surface area contributed by atoms with Crippen LogP contribution in [0.3, 0.4) is 0 Å². The van der Waals surface area contributed by atoms with Crippen LogP contribution >= 0.6 is 0 Å². The van der Waals surface area contributed by atoms with Crippen LogP contribution in [0.25, 0.3) is 0 Å². The Morgan fingerprint density at radius 3 is 2.62 bits per heavy atom. The monoisotopic (exact) mass is 216 g/mol. The van der Waals surface area contributed by atoms with E-state index in [0.29, 0.717) is 24.9 Å². The quantitative estimate of drug-likeness (QED) is 0.768. The summed E-state index contributed by atoms with van der Waals surface area (Å²) in [7, 11) is 0. The zero-order chi connectivity index (χ0) is 11.8. The maximum atomic E-state index is 11.6. The molecule has 0 radical (unpaired) electrons. The Morgan fingerprint density at radius 2 is 2.06 bits per heavy atom. The highest BCUT2D eigenvalue weighted by Crippen LogP contribution is 2.04. The maximum absolute atomic E-state index is 11.6. The molecule has 0 unspecified atom stereocenters. The fraction of sp³-hybridized carbons (Fsp3) is 0.385. The van der Waals surface area contributed by atoms with Gasteiger partial charge in [0, 0.05) is 18.5 Å². The molecule has 0 saturated heterocycles. The Balaban J connectivity index is 2.44. The van der Waals surface area contributed by atoms with Gasteiger partial charge in [0.1, 0.15) is 0 Å². The lowest BCUT2D eigenvalue weighted by atomic mass is 10.1. The first-order valence-electron chi connectivity index (χ1n) is 5.52. The van der Waals surface area contributed by atoms with Gasteiger partial charge in [-0.1, -0.05) is 19.1 Å². The van der Waals surface area contributed by atoms with Crippen molar-refractivity contribution < 1.29 is 4.79 Å². The van der Waals surface area contributed by atoms with Crippen LogP contribution in [-0.4, -0.2) is 12.5 Å². The van der Waals surface area contributed by atoms with Gasteiger partial charge in [-0.25, -0.2) is 0 Å².